The third-order valence-electron chi connectivity index (χ3n) is 3.87. The van der Waals surface area contributed by atoms with E-state index in [-0.39, 0.29) is 31.1 Å². The number of ether oxygens (including phenoxy) is 1. The molecule has 8 nitrogen and oxygen atoms in total. The van der Waals surface area contributed by atoms with Crippen LogP contribution in [0.3, 0.4) is 0 Å². The third-order valence-corrected chi connectivity index (χ3v) is 3.87. The molecule has 3 rings (SSSR count). The van der Waals surface area contributed by atoms with E-state index in [1.807, 2.05) is 0 Å². The van der Waals surface area contributed by atoms with Crippen molar-refractivity contribution >= 4 is 17.5 Å². The van der Waals surface area contributed by atoms with Crippen molar-refractivity contribution in [2.45, 2.75) is 6.54 Å². The van der Waals surface area contributed by atoms with Gasteiger partial charge in [-0.3, -0.25) is 10.1 Å². The smallest absolute Gasteiger partial charge is 0.407 e. The summed E-state index contributed by atoms with van der Waals surface area (Å²) in [5.74, 6) is 0.618. The maximum Gasteiger partial charge on any atom is 0.407 e. The first-order valence-electron chi connectivity index (χ1n) is 7.23. The molecule has 3 N–H and O–H groups in total. The van der Waals surface area contributed by atoms with Gasteiger partial charge in [0.05, 0.1) is 18.0 Å². The van der Waals surface area contributed by atoms with Crippen LogP contribution in [-0.4, -0.2) is 34.2 Å². The number of benzene rings is 2. The van der Waals surface area contributed by atoms with Gasteiger partial charge in [0.1, 0.15) is 18.0 Å². The van der Waals surface area contributed by atoms with Crippen molar-refractivity contribution in [3.8, 4) is 16.9 Å². The molecule has 24 heavy (non-hydrogen) atoms. The highest BCUT2D eigenvalue weighted by atomic mass is 16.6. The molecule has 124 valence electrons. The van der Waals surface area contributed by atoms with Crippen molar-refractivity contribution in [3.05, 3.63) is 52.1 Å². The summed E-state index contributed by atoms with van der Waals surface area (Å²) < 4.78 is 5.57. The molecule has 1 aliphatic rings. The Morgan fingerprint density at radius 3 is 2.67 bits per heavy atom. The molecule has 0 radical (unpaired) electrons. The van der Waals surface area contributed by atoms with Crippen LogP contribution in [0.1, 0.15) is 5.56 Å². The first kappa shape index (κ1) is 15.6. The van der Waals surface area contributed by atoms with E-state index < -0.39 is 11.0 Å². The maximum absolute atomic E-state index is 11.2. The maximum atomic E-state index is 11.2. The highest BCUT2D eigenvalue weighted by molar-refractivity contribution is 5.73. The number of hydrogen-bond donors (Lipinski definition) is 2. The molecule has 1 amide bonds. The fraction of sp³-hybridized carbons (Fsp3) is 0.188. The number of hydrogen-bond acceptors (Lipinski definition) is 5. The van der Waals surface area contributed by atoms with Crippen molar-refractivity contribution in [2.75, 3.05) is 18.9 Å². The summed E-state index contributed by atoms with van der Waals surface area (Å²) in [5, 5.41) is 20.2. The molecule has 2 aromatic carbocycles. The number of rotatable bonds is 2. The molecule has 0 saturated heterocycles. The lowest BCUT2D eigenvalue weighted by Crippen LogP contribution is -2.30. The Morgan fingerprint density at radius 1 is 1.25 bits per heavy atom. The molecule has 2 aromatic rings. The molecule has 0 fully saturated rings. The number of anilines is 1. The molecule has 1 heterocycles. The van der Waals surface area contributed by atoms with Gasteiger partial charge in [0.25, 0.3) is 5.69 Å². The highest BCUT2D eigenvalue weighted by Crippen LogP contribution is 2.32. The SMILES string of the molecule is Nc1ccc(-c2ccc3c(c2)CN(C(=O)O)CCO3)cc1[N+](=O)[O-]. The quantitative estimate of drug-likeness (QED) is 0.497. The molecule has 0 atom stereocenters. The van der Waals surface area contributed by atoms with Crippen molar-refractivity contribution in [1.82, 2.24) is 4.90 Å². The molecule has 8 heteroatoms. The van der Waals surface area contributed by atoms with Crippen LogP contribution < -0.4 is 10.5 Å². The zero-order valence-corrected chi connectivity index (χ0v) is 12.6. The fourth-order valence-electron chi connectivity index (χ4n) is 2.62. The summed E-state index contributed by atoms with van der Waals surface area (Å²) in [6.45, 7) is 0.772. The van der Waals surface area contributed by atoms with Crippen molar-refractivity contribution < 1.29 is 19.6 Å². The van der Waals surface area contributed by atoms with E-state index in [0.717, 1.165) is 5.56 Å². The van der Waals surface area contributed by atoms with E-state index in [9.17, 15) is 20.0 Å². The number of carbonyl (C=O) groups is 1. The number of carboxylic acid groups (broad SMARTS) is 1. The highest BCUT2D eigenvalue weighted by Gasteiger charge is 2.20. The van der Waals surface area contributed by atoms with Crippen LogP contribution in [0.4, 0.5) is 16.2 Å². The number of nitrogens with zero attached hydrogens (tertiary/aromatic N) is 2. The van der Waals surface area contributed by atoms with Crippen LogP contribution in [0.5, 0.6) is 5.75 Å². The van der Waals surface area contributed by atoms with Crippen molar-refractivity contribution in [1.29, 1.82) is 0 Å². The molecule has 0 bridgehead atoms. The van der Waals surface area contributed by atoms with Crippen LogP contribution in [0, 0.1) is 10.1 Å². The molecule has 0 spiro atoms. The van der Waals surface area contributed by atoms with Gasteiger partial charge in [-0.15, -0.1) is 0 Å². The lowest BCUT2D eigenvalue weighted by atomic mass is 10.0. The summed E-state index contributed by atoms with van der Waals surface area (Å²) in [4.78, 5) is 23.0. The number of nitrogen functional groups attached to an aromatic ring is 1. The summed E-state index contributed by atoms with van der Waals surface area (Å²) in [6, 6.07) is 9.90. The van der Waals surface area contributed by atoms with E-state index in [4.69, 9.17) is 10.5 Å². The number of fused-ring (bicyclic) bond motifs is 1. The Hall–Kier alpha value is -3.29. The Balaban J connectivity index is 2.01. The summed E-state index contributed by atoms with van der Waals surface area (Å²) >= 11 is 0. The minimum atomic E-state index is -1.01. The predicted molar refractivity (Wildman–Crippen MR) is 86.9 cm³/mol. The minimum absolute atomic E-state index is 0.0962. The van der Waals surface area contributed by atoms with Gasteiger partial charge >= 0.3 is 6.09 Å². The first-order valence-corrected chi connectivity index (χ1v) is 7.23. The second-order valence-corrected chi connectivity index (χ2v) is 5.41. The van der Waals surface area contributed by atoms with Gasteiger partial charge in [0.15, 0.2) is 0 Å². The largest absolute Gasteiger partial charge is 0.491 e. The molecule has 0 saturated carbocycles. The average Bonchev–Trinajstić information content (AvgIpc) is 2.76. The van der Waals surface area contributed by atoms with Gasteiger partial charge in [0, 0.05) is 11.6 Å². The van der Waals surface area contributed by atoms with E-state index in [1.54, 1.807) is 24.3 Å². The molecule has 0 aliphatic carbocycles. The van der Waals surface area contributed by atoms with Crippen LogP contribution >= 0.6 is 0 Å². The van der Waals surface area contributed by atoms with Crippen LogP contribution in [0.25, 0.3) is 11.1 Å². The van der Waals surface area contributed by atoms with E-state index in [0.29, 0.717) is 16.9 Å². The number of nitro benzene ring substituents is 1. The second kappa shape index (κ2) is 6.07. The Bertz CT molecular complexity index is 821. The summed E-state index contributed by atoms with van der Waals surface area (Å²) in [5.41, 5.74) is 7.63. The van der Waals surface area contributed by atoms with Crippen molar-refractivity contribution in [3.63, 3.8) is 0 Å². The van der Waals surface area contributed by atoms with Gasteiger partial charge in [-0.1, -0.05) is 12.1 Å². The van der Waals surface area contributed by atoms with Gasteiger partial charge in [-0.2, -0.15) is 0 Å². The van der Waals surface area contributed by atoms with E-state index in [1.165, 1.54) is 17.0 Å². The number of amides is 1. The number of nitrogens with two attached hydrogens (primary N) is 1. The Labute approximate surface area is 137 Å². The van der Waals surface area contributed by atoms with Gasteiger partial charge < -0.3 is 20.5 Å². The zero-order chi connectivity index (χ0) is 17.3. The molecule has 0 aromatic heterocycles. The summed E-state index contributed by atoms with van der Waals surface area (Å²) in [6.07, 6.45) is -1.01. The Kier molecular flexibility index (Phi) is 3.95. The monoisotopic (exact) mass is 329 g/mol. The molecular formula is C16H15N3O5. The second-order valence-electron chi connectivity index (χ2n) is 5.41. The van der Waals surface area contributed by atoms with Crippen molar-refractivity contribution in [2.24, 2.45) is 0 Å². The average molecular weight is 329 g/mol. The van der Waals surface area contributed by atoms with Crippen LogP contribution in [0.15, 0.2) is 36.4 Å². The van der Waals surface area contributed by atoms with Gasteiger partial charge in [-0.05, 0) is 29.3 Å². The third kappa shape index (κ3) is 2.94. The lowest BCUT2D eigenvalue weighted by Gasteiger charge is -2.15. The molecular weight excluding hydrogens is 314 g/mol. The van der Waals surface area contributed by atoms with E-state index in [2.05, 4.69) is 0 Å². The summed E-state index contributed by atoms with van der Waals surface area (Å²) in [7, 11) is 0. The van der Waals surface area contributed by atoms with Crippen LogP contribution in [0.2, 0.25) is 0 Å². The van der Waals surface area contributed by atoms with E-state index >= 15 is 0 Å². The molecule has 0 unspecified atom stereocenters. The van der Waals surface area contributed by atoms with Gasteiger partial charge in [-0.25, -0.2) is 4.79 Å². The number of nitro groups is 1. The fourth-order valence-corrected chi connectivity index (χ4v) is 2.62. The predicted octanol–water partition coefficient (Wildman–Crippen LogP) is 2.72. The van der Waals surface area contributed by atoms with Crippen LogP contribution in [-0.2, 0) is 6.54 Å². The molecule has 1 aliphatic heterocycles. The Morgan fingerprint density at radius 2 is 1.96 bits per heavy atom. The minimum Gasteiger partial charge on any atom is -0.491 e. The zero-order valence-electron chi connectivity index (χ0n) is 12.6. The standard InChI is InChI=1S/C16H15N3O5/c17-13-3-1-11(8-14(13)19(22)23)10-2-4-15-12(7-10)9-18(16(20)21)5-6-24-15/h1-4,7-8H,5-6,9,17H2,(H,20,21). The first-order chi connectivity index (χ1) is 11.5. The topological polar surface area (TPSA) is 119 Å². The lowest BCUT2D eigenvalue weighted by molar-refractivity contribution is -0.383. The van der Waals surface area contributed by atoms with Gasteiger partial charge in [0.2, 0.25) is 0 Å². The normalized spacial score (nSPS) is 13.6.